The molecule has 0 atom stereocenters. The third-order valence-corrected chi connectivity index (χ3v) is 1.84. The maximum absolute atomic E-state index is 8.29. The third-order valence-electron chi connectivity index (χ3n) is 1.84. The van der Waals surface area contributed by atoms with Gasteiger partial charge >= 0.3 is 0 Å². The molecule has 0 aliphatic rings. The standard InChI is InChI=1S/C7H7N7O/c1-14-3-9-4-5(14)10-7(12-13-8)11-6(4)15-2/h3H,1-2H3. The molecule has 0 saturated heterocycles. The zero-order chi connectivity index (χ0) is 10.8. The number of azide groups is 1. The average Bonchev–Trinajstić information content (AvgIpc) is 2.60. The van der Waals surface area contributed by atoms with E-state index in [2.05, 4.69) is 25.0 Å². The largest absolute Gasteiger partial charge is 0.479 e. The number of aromatic nitrogens is 4. The monoisotopic (exact) mass is 205 g/mol. The zero-order valence-electron chi connectivity index (χ0n) is 8.12. The van der Waals surface area contributed by atoms with Crippen LogP contribution in [-0.4, -0.2) is 26.6 Å². The number of methoxy groups -OCH3 is 1. The van der Waals surface area contributed by atoms with Gasteiger partial charge in [0.1, 0.15) is 0 Å². The van der Waals surface area contributed by atoms with E-state index in [-0.39, 0.29) is 5.95 Å². The lowest BCUT2D eigenvalue weighted by molar-refractivity contribution is 0.402. The first kappa shape index (κ1) is 9.22. The molecule has 0 N–H and O–H groups in total. The number of hydrogen-bond acceptors (Lipinski definition) is 5. The minimum absolute atomic E-state index is 0.0189. The highest BCUT2D eigenvalue weighted by molar-refractivity contribution is 5.77. The van der Waals surface area contributed by atoms with Crippen LogP contribution in [0.2, 0.25) is 0 Å². The molecule has 0 unspecified atom stereocenters. The van der Waals surface area contributed by atoms with Gasteiger partial charge in [-0.1, -0.05) is 0 Å². The van der Waals surface area contributed by atoms with Crippen LogP contribution >= 0.6 is 0 Å². The Morgan fingerprint density at radius 2 is 2.33 bits per heavy atom. The average molecular weight is 205 g/mol. The van der Waals surface area contributed by atoms with Gasteiger partial charge in [0.2, 0.25) is 11.8 Å². The first-order valence-electron chi connectivity index (χ1n) is 4.04. The summed E-state index contributed by atoms with van der Waals surface area (Å²) >= 11 is 0. The van der Waals surface area contributed by atoms with E-state index in [4.69, 9.17) is 10.3 Å². The summed E-state index contributed by atoms with van der Waals surface area (Å²) in [5, 5.41) is 3.32. The van der Waals surface area contributed by atoms with E-state index in [9.17, 15) is 0 Å². The van der Waals surface area contributed by atoms with Gasteiger partial charge in [0.05, 0.1) is 13.4 Å². The van der Waals surface area contributed by atoms with Gasteiger partial charge in [0.15, 0.2) is 11.2 Å². The molecule has 76 valence electrons. The van der Waals surface area contributed by atoms with Gasteiger partial charge in [0.25, 0.3) is 0 Å². The van der Waals surface area contributed by atoms with Crippen molar-refractivity contribution >= 4 is 17.1 Å². The topological polar surface area (TPSA) is 102 Å². The molecule has 2 aromatic heterocycles. The smallest absolute Gasteiger partial charge is 0.245 e. The van der Waals surface area contributed by atoms with Crippen LogP contribution in [0.15, 0.2) is 11.4 Å². The Kier molecular flexibility index (Phi) is 2.11. The number of fused-ring (bicyclic) bond motifs is 1. The number of hydrogen-bond donors (Lipinski definition) is 0. The van der Waals surface area contributed by atoms with E-state index in [1.165, 1.54) is 7.11 Å². The summed E-state index contributed by atoms with van der Waals surface area (Å²) in [5.74, 6) is 0.313. The molecule has 8 heteroatoms. The van der Waals surface area contributed by atoms with Crippen LogP contribution in [-0.2, 0) is 7.05 Å². The number of nitrogens with zero attached hydrogens (tertiary/aromatic N) is 7. The summed E-state index contributed by atoms with van der Waals surface area (Å²) in [6.45, 7) is 0. The molecule has 8 nitrogen and oxygen atoms in total. The molecule has 0 spiro atoms. The Morgan fingerprint density at radius 3 is 3.00 bits per heavy atom. The summed E-state index contributed by atoms with van der Waals surface area (Å²) < 4.78 is 6.71. The predicted molar refractivity (Wildman–Crippen MR) is 51.7 cm³/mol. The van der Waals surface area contributed by atoms with E-state index in [1.54, 1.807) is 17.9 Å². The Labute approximate surface area is 84.2 Å². The van der Waals surface area contributed by atoms with Crippen molar-refractivity contribution in [2.75, 3.05) is 7.11 Å². The molecule has 2 heterocycles. The number of aryl methyl sites for hydroxylation is 1. The van der Waals surface area contributed by atoms with E-state index in [0.717, 1.165) is 0 Å². The van der Waals surface area contributed by atoms with Crippen LogP contribution in [0.4, 0.5) is 5.95 Å². The Bertz CT molecular complexity index is 554. The lowest BCUT2D eigenvalue weighted by atomic mass is 10.5. The molecule has 15 heavy (non-hydrogen) atoms. The third kappa shape index (κ3) is 1.42. The second-order valence-electron chi connectivity index (χ2n) is 2.75. The van der Waals surface area contributed by atoms with Gasteiger partial charge in [-0.3, -0.25) is 0 Å². The summed E-state index contributed by atoms with van der Waals surface area (Å²) in [5.41, 5.74) is 9.39. The summed E-state index contributed by atoms with van der Waals surface area (Å²) in [7, 11) is 3.25. The normalized spacial score (nSPS) is 10.0. The van der Waals surface area contributed by atoms with Crippen LogP contribution in [0.3, 0.4) is 0 Å². The van der Waals surface area contributed by atoms with Crippen LogP contribution in [0.25, 0.3) is 21.6 Å². The Balaban J connectivity index is 2.78. The fourth-order valence-electron chi connectivity index (χ4n) is 1.20. The van der Waals surface area contributed by atoms with Crippen molar-refractivity contribution in [2.45, 2.75) is 0 Å². The predicted octanol–water partition coefficient (Wildman–Crippen LogP) is 1.31. The van der Waals surface area contributed by atoms with Crippen LogP contribution in [0.5, 0.6) is 5.88 Å². The minimum Gasteiger partial charge on any atom is -0.479 e. The summed E-state index contributed by atoms with van der Waals surface area (Å²) in [6.07, 6.45) is 1.59. The van der Waals surface area contributed by atoms with Crippen LogP contribution < -0.4 is 4.74 Å². The molecule has 2 aromatic rings. The Morgan fingerprint density at radius 1 is 1.53 bits per heavy atom. The molecule has 0 aliphatic carbocycles. The minimum atomic E-state index is 0.0189. The number of ether oxygens (including phenoxy) is 1. The Hall–Kier alpha value is -2.34. The fraction of sp³-hybridized carbons (Fsp3) is 0.286. The van der Waals surface area contributed by atoms with E-state index < -0.39 is 0 Å². The highest BCUT2D eigenvalue weighted by atomic mass is 16.5. The number of rotatable bonds is 2. The van der Waals surface area contributed by atoms with Crippen molar-refractivity contribution in [1.82, 2.24) is 19.5 Å². The van der Waals surface area contributed by atoms with Crippen molar-refractivity contribution in [3.63, 3.8) is 0 Å². The van der Waals surface area contributed by atoms with Crippen molar-refractivity contribution < 1.29 is 4.74 Å². The van der Waals surface area contributed by atoms with Gasteiger partial charge in [-0.25, -0.2) is 9.97 Å². The van der Waals surface area contributed by atoms with Crippen molar-refractivity contribution in [3.05, 3.63) is 16.8 Å². The quantitative estimate of drug-likeness (QED) is 0.419. The SMILES string of the molecule is COc1nc(N=[N+]=[N-])nc2c1ncn2C. The lowest BCUT2D eigenvalue weighted by Crippen LogP contribution is -1.94. The molecule has 2 rings (SSSR count). The molecular weight excluding hydrogens is 198 g/mol. The molecule has 0 fully saturated rings. The van der Waals surface area contributed by atoms with Gasteiger partial charge in [0, 0.05) is 12.0 Å². The first-order valence-corrected chi connectivity index (χ1v) is 4.04. The van der Waals surface area contributed by atoms with E-state index in [1.807, 2.05) is 0 Å². The van der Waals surface area contributed by atoms with Gasteiger partial charge in [-0.05, 0) is 10.6 Å². The summed E-state index contributed by atoms with van der Waals surface area (Å²) in [4.78, 5) is 14.6. The lowest BCUT2D eigenvalue weighted by Gasteiger charge is -2.00. The van der Waals surface area contributed by atoms with Crippen molar-refractivity contribution in [3.8, 4) is 5.88 Å². The maximum Gasteiger partial charge on any atom is 0.245 e. The molecule has 0 amide bonds. The molecule has 0 radical (unpaired) electrons. The molecule has 0 aromatic carbocycles. The molecule has 0 saturated carbocycles. The zero-order valence-corrected chi connectivity index (χ0v) is 8.12. The highest BCUT2D eigenvalue weighted by Gasteiger charge is 2.11. The van der Waals surface area contributed by atoms with Gasteiger partial charge < -0.3 is 9.30 Å². The highest BCUT2D eigenvalue weighted by Crippen LogP contribution is 2.22. The van der Waals surface area contributed by atoms with Gasteiger partial charge in [-0.2, -0.15) is 4.98 Å². The van der Waals surface area contributed by atoms with E-state index >= 15 is 0 Å². The molecular formula is C7H7N7O. The van der Waals surface area contributed by atoms with Crippen LogP contribution in [0, 0.1) is 0 Å². The molecule has 0 aliphatic heterocycles. The number of imidazole rings is 1. The molecule has 0 bridgehead atoms. The van der Waals surface area contributed by atoms with Crippen molar-refractivity contribution in [1.29, 1.82) is 0 Å². The fourth-order valence-corrected chi connectivity index (χ4v) is 1.20. The van der Waals surface area contributed by atoms with E-state index in [0.29, 0.717) is 17.0 Å². The summed E-state index contributed by atoms with van der Waals surface area (Å²) in [6, 6.07) is 0. The first-order chi connectivity index (χ1) is 7.26. The maximum atomic E-state index is 8.29. The second-order valence-corrected chi connectivity index (χ2v) is 2.75. The van der Waals surface area contributed by atoms with Crippen LogP contribution in [0.1, 0.15) is 0 Å². The second kappa shape index (κ2) is 3.43. The van der Waals surface area contributed by atoms with Crippen molar-refractivity contribution in [2.24, 2.45) is 12.2 Å². The van der Waals surface area contributed by atoms with Gasteiger partial charge in [-0.15, -0.1) is 0 Å².